The van der Waals surface area contributed by atoms with Gasteiger partial charge in [0.15, 0.2) is 0 Å². The number of anilines is 1. The summed E-state index contributed by atoms with van der Waals surface area (Å²) in [4.78, 5) is 21.7. The normalized spacial score (nSPS) is 11.6. The van der Waals surface area contributed by atoms with Crippen LogP contribution in [0.5, 0.6) is 0 Å². The minimum absolute atomic E-state index is 0.106. The van der Waals surface area contributed by atoms with Crippen molar-refractivity contribution in [2.45, 2.75) is 18.7 Å². The summed E-state index contributed by atoms with van der Waals surface area (Å²) in [5.41, 5.74) is 3.43. The van der Waals surface area contributed by atoms with Crippen molar-refractivity contribution in [3.05, 3.63) is 63.7 Å². The van der Waals surface area contributed by atoms with Gasteiger partial charge in [0.1, 0.15) is 4.90 Å². The lowest BCUT2D eigenvalue weighted by molar-refractivity contribution is -0.385. The highest BCUT2D eigenvalue weighted by Crippen LogP contribution is 2.29. The van der Waals surface area contributed by atoms with E-state index < -0.39 is 20.9 Å². The van der Waals surface area contributed by atoms with Crippen LogP contribution in [0.2, 0.25) is 0 Å². The molecule has 0 spiro atoms. The number of hydrazone groups is 1. The highest BCUT2D eigenvalue weighted by Gasteiger charge is 2.27. The number of benzene rings is 2. The maximum absolute atomic E-state index is 12.9. The van der Waals surface area contributed by atoms with Crippen molar-refractivity contribution in [3.63, 3.8) is 0 Å². The first-order valence-electron chi connectivity index (χ1n) is 9.00. The van der Waals surface area contributed by atoms with Gasteiger partial charge in [0.2, 0.25) is 10.0 Å². The van der Waals surface area contributed by atoms with E-state index in [2.05, 4.69) is 15.3 Å². The molecule has 0 radical (unpaired) electrons. The van der Waals surface area contributed by atoms with Gasteiger partial charge in [0.25, 0.3) is 5.69 Å². The van der Waals surface area contributed by atoms with Crippen molar-refractivity contribution in [1.82, 2.24) is 4.31 Å². The van der Waals surface area contributed by atoms with E-state index >= 15 is 0 Å². The predicted molar refractivity (Wildman–Crippen MR) is 112 cm³/mol. The Kier molecular flexibility index (Phi) is 7.61. The monoisotopic (exact) mass is 434 g/mol. The third-order valence-electron chi connectivity index (χ3n) is 4.23. The number of nitro benzene ring substituents is 1. The lowest BCUT2D eigenvalue weighted by Gasteiger charge is -2.20. The van der Waals surface area contributed by atoms with E-state index in [9.17, 15) is 23.3 Å². The van der Waals surface area contributed by atoms with Gasteiger partial charge in [0.05, 0.1) is 29.5 Å². The molecule has 2 aromatic rings. The van der Waals surface area contributed by atoms with E-state index in [-0.39, 0.29) is 29.4 Å². The van der Waals surface area contributed by atoms with Crippen LogP contribution in [0.3, 0.4) is 0 Å². The summed E-state index contributed by atoms with van der Waals surface area (Å²) in [5, 5.41) is 15.1. The molecule has 0 aliphatic rings. The van der Waals surface area contributed by atoms with Gasteiger partial charge in [0, 0.05) is 25.2 Å². The number of nitrogens with zero attached hydrogens (tertiary/aromatic N) is 3. The summed E-state index contributed by atoms with van der Waals surface area (Å²) >= 11 is 0. The lowest BCUT2D eigenvalue weighted by atomic mass is 10.1. The molecule has 1 N–H and O–H groups in total. The number of sulfonamides is 1. The highest BCUT2D eigenvalue weighted by molar-refractivity contribution is 7.89. The Hall–Kier alpha value is -3.31. The zero-order valence-corrected chi connectivity index (χ0v) is 17.5. The Morgan fingerprint density at radius 1 is 1.20 bits per heavy atom. The number of hydrogen-bond acceptors (Lipinski definition) is 8. The second-order valence-corrected chi connectivity index (χ2v) is 7.92. The first-order chi connectivity index (χ1) is 14.2. The predicted octanol–water partition coefficient (Wildman–Crippen LogP) is 2.86. The third-order valence-corrected chi connectivity index (χ3v) is 6.32. The number of carbonyl (C=O) groups is 1. The number of non-ortho nitro benzene ring substituents is 1. The van der Waals surface area contributed by atoms with Crippen LogP contribution in [0.25, 0.3) is 0 Å². The molecule has 0 aromatic heterocycles. The van der Waals surface area contributed by atoms with Gasteiger partial charge in [-0.25, -0.2) is 13.2 Å². The number of carbonyl (C=O) groups excluding carboxylic acids is 1. The Morgan fingerprint density at radius 2 is 1.83 bits per heavy atom. The van der Waals surface area contributed by atoms with E-state index in [0.717, 1.165) is 6.07 Å². The summed E-state index contributed by atoms with van der Waals surface area (Å²) < 4.78 is 31.7. The van der Waals surface area contributed by atoms with Crippen molar-refractivity contribution in [2.75, 3.05) is 25.6 Å². The van der Waals surface area contributed by atoms with Crippen LogP contribution in [0.4, 0.5) is 11.4 Å². The molecule has 0 saturated heterocycles. The SMILES string of the molecule is CCN(CC)S(=O)(=O)c1cc([N+](=O)[O-])ccc1N/N=C\c1ccc(C(=O)OC)cc1. The molecule has 160 valence electrons. The van der Waals surface area contributed by atoms with E-state index in [1.54, 1.807) is 38.1 Å². The van der Waals surface area contributed by atoms with Crippen LogP contribution in [-0.2, 0) is 14.8 Å². The van der Waals surface area contributed by atoms with E-state index in [1.807, 2.05) is 0 Å². The number of methoxy groups -OCH3 is 1. The molecule has 2 aromatic carbocycles. The van der Waals surface area contributed by atoms with E-state index in [4.69, 9.17) is 0 Å². The van der Waals surface area contributed by atoms with Crippen LogP contribution < -0.4 is 5.43 Å². The van der Waals surface area contributed by atoms with Crippen LogP contribution in [-0.4, -0.2) is 50.0 Å². The largest absolute Gasteiger partial charge is 0.465 e. The number of rotatable bonds is 9. The minimum atomic E-state index is -3.96. The smallest absolute Gasteiger partial charge is 0.337 e. The minimum Gasteiger partial charge on any atom is -0.465 e. The van der Waals surface area contributed by atoms with Gasteiger partial charge < -0.3 is 4.74 Å². The second-order valence-electron chi connectivity index (χ2n) is 6.01. The van der Waals surface area contributed by atoms with Crippen molar-refractivity contribution in [1.29, 1.82) is 0 Å². The van der Waals surface area contributed by atoms with Gasteiger partial charge in [-0.2, -0.15) is 9.41 Å². The summed E-state index contributed by atoms with van der Waals surface area (Å²) in [6.45, 7) is 3.80. The topological polar surface area (TPSA) is 131 Å². The summed E-state index contributed by atoms with van der Waals surface area (Å²) in [7, 11) is -2.67. The lowest BCUT2D eigenvalue weighted by Crippen LogP contribution is -2.31. The van der Waals surface area contributed by atoms with Gasteiger partial charge in [-0.1, -0.05) is 26.0 Å². The van der Waals surface area contributed by atoms with E-state index in [1.165, 1.54) is 29.8 Å². The molecule has 0 aliphatic carbocycles. The molecular weight excluding hydrogens is 412 g/mol. The molecule has 0 atom stereocenters. The van der Waals surface area contributed by atoms with Crippen molar-refractivity contribution in [3.8, 4) is 0 Å². The van der Waals surface area contributed by atoms with E-state index in [0.29, 0.717) is 11.1 Å². The Labute approximate surface area is 174 Å². The number of esters is 1. The molecule has 0 amide bonds. The molecule has 0 heterocycles. The first kappa shape index (κ1) is 23.0. The van der Waals surface area contributed by atoms with Crippen molar-refractivity contribution in [2.24, 2.45) is 5.10 Å². The molecule has 0 unspecified atom stereocenters. The molecule has 0 aliphatic heterocycles. The molecular formula is C19H22N4O6S. The standard InChI is InChI=1S/C19H22N4O6S/c1-4-22(5-2)30(27,28)18-12-16(23(25)26)10-11-17(18)21-20-13-14-6-8-15(9-7-14)19(24)29-3/h6-13,21H,4-5H2,1-3H3/b20-13-. The van der Waals surface area contributed by atoms with Crippen LogP contribution in [0.15, 0.2) is 52.5 Å². The van der Waals surface area contributed by atoms with Crippen LogP contribution >= 0.6 is 0 Å². The van der Waals surface area contributed by atoms with Crippen LogP contribution in [0, 0.1) is 10.1 Å². The fourth-order valence-electron chi connectivity index (χ4n) is 2.63. The maximum atomic E-state index is 12.9. The average molecular weight is 434 g/mol. The third kappa shape index (κ3) is 5.19. The number of ether oxygens (including phenoxy) is 1. The Balaban J connectivity index is 2.34. The molecule has 30 heavy (non-hydrogen) atoms. The molecule has 11 heteroatoms. The number of hydrogen-bond donors (Lipinski definition) is 1. The first-order valence-corrected chi connectivity index (χ1v) is 10.4. The van der Waals surface area contributed by atoms with Crippen molar-refractivity contribution >= 4 is 33.6 Å². The van der Waals surface area contributed by atoms with Gasteiger partial charge in [-0.15, -0.1) is 0 Å². The summed E-state index contributed by atoms with van der Waals surface area (Å²) in [5.74, 6) is -0.464. The molecule has 0 bridgehead atoms. The zero-order chi connectivity index (χ0) is 22.3. The Morgan fingerprint density at radius 3 is 2.37 bits per heavy atom. The summed E-state index contributed by atoms with van der Waals surface area (Å²) in [6, 6.07) is 9.92. The number of nitrogens with one attached hydrogen (secondary N) is 1. The molecule has 0 fully saturated rings. The maximum Gasteiger partial charge on any atom is 0.337 e. The Bertz CT molecular complexity index is 1050. The van der Waals surface area contributed by atoms with Crippen LogP contribution in [0.1, 0.15) is 29.8 Å². The van der Waals surface area contributed by atoms with Gasteiger partial charge >= 0.3 is 5.97 Å². The fraction of sp³-hybridized carbons (Fsp3) is 0.263. The quantitative estimate of drug-likeness (QED) is 0.278. The molecule has 2 rings (SSSR count). The highest BCUT2D eigenvalue weighted by atomic mass is 32.2. The summed E-state index contributed by atoms with van der Waals surface area (Å²) in [6.07, 6.45) is 1.43. The molecule has 0 saturated carbocycles. The van der Waals surface area contributed by atoms with Crippen molar-refractivity contribution < 1.29 is 22.9 Å². The fourth-order valence-corrected chi connectivity index (χ4v) is 4.25. The average Bonchev–Trinajstić information content (AvgIpc) is 2.74. The number of nitro groups is 1. The van der Waals surface area contributed by atoms with Gasteiger partial charge in [-0.3, -0.25) is 15.5 Å². The van der Waals surface area contributed by atoms with Gasteiger partial charge in [-0.05, 0) is 23.8 Å². The molecule has 10 nitrogen and oxygen atoms in total. The zero-order valence-electron chi connectivity index (χ0n) is 16.7. The second kappa shape index (κ2) is 9.94.